The highest BCUT2D eigenvalue weighted by atomic mass is 32.1. The molecule has 3 aromatic rings. The molecule has 0 saturated carbocycles. The Morgan fingerprint density at radius 2 is 1.91 bits per heavy atom. The molecule has 0 aliphatic carbocycles. The number of nitriles is 1. The van der Waals surface area contributed by atoms with Crippen molar-refractivity contribution in [1.29, 1.82) is 5.26 Å². The summed E-state index contributed by atoms with van der Waals surface area (Å²) in [6.07, 6.45) is 4.74. The standard InChI is InChI=1S/C19H19N5S2.C4H10N2/c1-12-7-13(5-6-19(2,3)11-20)22-8-14(12)17-23-15(9-25-17)16-10-26-18(21-4)24-16;1-2-5-4-6-3-1/h7-10H,4-6H2,1-3H3;5-6H,1-4H2. The molecule has 1 saturated heterocycles. The molecular formula is C23H29N7S2. The minimum atomic E-state index is -0.328. The average molecular weight is 468 g/mol. The lowest BCUT2D eigenvalue weighted by Gasteiger charge is -2.14. The average Bonchev–Trinajstić information content (AvgIpc) is 3.49. The Morgan fingerprint density at radius 3 is 2.47 bits per heavy atom. The summed E-state index contributed by atoms with van der Waals surface area (Å²) in [7, 11) is 0. The molecule has 4 heterocycles. The van der Waals surface area contributed by atoms with Crippen molar-refractivity contribution in [3.63, 3.8) is 0 Å². The number of nitrogens with one attached hydrogen (secondary N) is 2. The molecule has 2 N–H and O–H groups in total. The maximum atomic E-state index is 9.14. The van der Waals surface area contributed by atoms with Crippen LogP contribution in [0.15, 0.2) is 28.0 Å². The summed E-state index contributed by atoms with van der Waals surface area (Å²) in [5.74, 6) is 0. The molecule has 1 fully saturated rings. The van der Waals surface area contributed by atoms with Gasteiger partial charge >= 0.3 is 0 Å². The van der Waals surface area contributed by atoms with Gasteiger partial charge in [0.2, 0.25) is 5.13 Å². The van der Waals surface area contributed by atoms with Gasteiger partial charge in [0.05, 0.1) is 11.5 Å². The monoisotopic (exact) mass is 467 g/mol. The van der Waals surface area contributed by atoms with Gasteiger partial charge in [0.25, 0.3) is 0 Å². The van der Waals surface area contributed by atoms with Crippen LogP contribution in [0.1, 0.15) is 37.9 Å². The third kappa shape index (κ3) is 6.74. The van der Waals surface area contributed by atoms with Crippen molar-refractivity contribution in [1.82, 2.24) is 25.6 Å². The number of thiazole rings is 2. The van der Waals surface area contributed by atoms with Crippen LogP contribution >= 0.6 is 22.7 Å². The first-order valence-corrected chi connectivity index (χ1v) is 12.3. The maximum absolute atomic E-state index is 9.14. The molecule has 0 amide bonds. The number of aryl methyl sites for hydroxylation is 2. The van der Waals surface area contributed by atoms with E-state index >= 15 is 0 Å². The van der Waals surface area contributed by atoms with Gasteiger partial charge in [0.15, 0.2) is 0 Å². The van der Waals surface area contributed by atoms with Crippen LogP contribution in [0.2, 0.25) is 0 Å². The first-order chi connectivity index (χ1) is 15.4. The molecule has 168 valence electrons. The molecule has 0 atom stereocenters. The van der Waals surface area contributed by atoms with Gasteiger partial charge in [-0.15, -0.1) is 22.7 Å². The molecule has 0 aromatic carbocycles. The third-order valence-electron chi connectivity index (χ3n) is 5.06. The van der Waals surface area contributed by atoms with Crippen LogP contribution in [0.5, 0.6) is 0 Å². The number of nitrogens with zero attached hydrogens (tertiary/aromatic N) is 5. The smallest absolute Gasteiger partial charge is 0.209 e. The highest BCUT2D eigenvalue weighted by molar-refractivity contribution is 7.14. The highest BCUT2D eigenvalue weighted by Crippen LogP contribution is 2.32. The molecule has 7 nitrogen and oxygen atoms in total. The summed E-state index contributed by atoms with van der Waals surface area (Å²) in [6.45, 7) is 12.9. The zero-order valence-corrected chi connectivity index (χ0v) is 20.4. The Kier molecular flexibility index (Phi) is 8.59. The van der Waals surface area contributed by atoms with Crippen LogP contribution in [0, 0.1) is 23.7 Å². The van der Waals surface area contributed by atoms with Crippen molar-refractivity contribution < 1.29 is 0 Å². The van der Waals surface area contributed by atoms with Crippen molar-refractivity contribution in [2.45, 2.75) is 40.0 Å². The maximum Gasteiger partial charge on any atom is 0.209 e. The zero-order valence-electron chi connectivity index (χ0n) is 18.8. The molecule has 9 heteroatoms. The number of aromatic nitrogens is 3. The van der Waals surface area contributed by atoms with Gasteiger partial charge in [-0.25, -0.2) is 15.0 Å². The SMILES string of the molecule is C1CNCNC1.C=Nc1nc(-c2csc(-c3cnc(CCC(C)(C)C#N)cc3C)n2)cs1. The normalized spacial score (nSPS) is 13.7. The number of aliphatic imine (C=N–C) groups is 1. The van der Waals surface area contributed by atoms with Crippen LogP contribution in [0.25, 0.3) is 22.0 Å². The molecule has 0 bridgehead atoms. The molecular weight excluding hydrogens is 438 g/mol. The highest BCUT2D eigenvalue weighted by Gasteiger charge is 2.17. The Bertz CT molecular complexity index is 1060. The van der Waals surface area contributed by atoms with E-state index in [9.17, 15) is 0 Å². The second kappa shape index (κ2) is 11.4. The van der Waals surface area contributed by atoms with Gasteiger partial charge in [0, 0.05) is 34.9 Å². The molecule has 0 unspecified atom stereocenters. The largest absolute Gasteiger partial charge is 0.304 e. The van der Waals surface area contributed by atoms with Crippen LogP contribution in [0.4, 0.5) is 5.13 Å². The number of pyridine rings is 1. The predicted molar refractivity (Wildman–Crippen MR) is 134 cm³/mol. The van der Waals surface area contributed by atoms with Crippen molar-refractivity contribution in [2.75, 3.05) is 19.8 Å². The number of rotatable bonds is 6. The zero-order chi connectivity index (χ0) is 23.0. The van der Waals surface area contributed by atoms with E-state index in [1.165, 1.54) is 30.8 Å². The van der Waals surface area contributed by atoms with Crippen molar-refractivity contribution in [3.8, 4) is 28.0 Å². The van der Waals surface area contributed by atoms with Gasteiger partial charge in [-0.1, -0.05) is 0 Å². The first-order valence-electron chi connectivity index (χ1n) is 10.6. The second-order valence-corrected chi connectivity index (χ2v) is 9.92. The van der Waals surface area contributed by atoms with Gasteiger partial charge < -0.3 is 10.6 Å². The molecule has 1 aliphatic rings. The van der Waals surface area contributed by atoms with Crippen molar-refractivity contribution in [3.05, 3.63) is 34.3 Å². The summed E-state index contributed by atoms with van der Waals surface area (Å²) in [4.78, 5) is 17.5. The molecule has 3 aromatic heterocycles. The lowest BCUT2D eigenvalue weighted by atomic mass is 9.89. The Balaban J connectivity index is 0.000000416. The van der Waals surface area contributed by atoms with E-state index in [1.54, 1.807) is 11.3 Å². The van der Waals surface area contributed by atoms with Gasteiger partial charge in [0.1, 0.15) is 16.4 Å². The van der Waals surface area contributed by atoms with E-state index in [0.29, 0.717) is 5.13 Å². The van der Waals surface area contributed by atoms with E-state index in [2.05, 4.69) is 51.4 Å². The minimum Gasteiger partial charge on any atom is -0.304 e. The van der Waals surface area contributed by atoms with Gasteiger partial charge in [-0.3, -0.25) is 4.98 Å². The number of hydrogen-bond donors (Lipinski definition) is 2. The fraction of sp³-hybridized carbons (Fsp3) is 0.435. The molecule has 4 rings (SSSR count). The predicted octanol–water partition coefficient (Wildman–Crippen LogP) is 4.98. The lowest BCUT2D eigenvalue weighted by molar-refractivity contribution is 0.450. The second-order valence-electron chi connectivity index (χ2n) is 8.23. The Hall–Kier alpha value is -2.51. The summed E-state index contributed by atoms with van der Waals surface area (Å²) in [5, 5.41) is 21.0. The van der Waals surface area contributed by atoms with Crippen LogP contribution in [-0.2, 0) is 6.42 Å². The summed E-state index contributed by atoms with van der Waals surface area (Å²) in [6, 6.07) is 4.43. The molecule has 0 spiro atoms. The molecule has 32 heavy (non-hydrogen) atoms. The van der Waals surface area contributed by atoms with Gasteiger partial charge in [-0.05, 0) is 71.5 Å². The Morgan fingerprint density at radius 1 is 1.19 bits per heavy atom. The van der Waals surface area contributed by atoms with Crippen LogP contribution < -0.4 is 10.6 Å². The number of hydrogen-bond acceptors (Lipinski definition) is 9. The quantitative estimate of drug-likeness (QED) is 0.496. The minimum absolute atomic E-state index is 0.328. The van der Waals surface area contributed by atoms with E-state index in [1.807, 2.05) is 30.8 Å². The fourth-order valence-electron chi connectivity index (χ4n) is 3.04. The summed E-state index contributed by atoms with van der Waals surface area (Å²) >= 11 is 3.03. The summed E-state index contributed by atoms with van der Waals surface area (Å²) < 4.78 is 0. The molecule has 1 aliphatic heterocycles. The van der Waals surface area contributed by atoms with E-state index in [-0.39, 0.29) is 5.41 Å². The van der Waals surface area contributed by atoms with E-state index in [0.717, 1.165) is 52.7 Å². The van der Waals surface area contributed by atoms with Crippen molar-refractivity contribution >= 4 is 34.5 Å². The van der Waals surface area contributed by atoms with Gasteiger partial charge in [-0.2, -0.15) is 5.26 Å². The van der Waals surface area contributed by atoms with Crippen LogP contribution in [0.3, 0.4) is 0 Å². The topological polar surface area (TPSA) is 98.9 Å². The molecule has 0 radical (unpaired) electrons. The van der Waals surface area contributed by atoms with Crippen LogP contribution in [-0.4, -0.2) is 41.4 Å². The summed E-state index contributed by atoms with van der Waals surface area (Å²) in [5.41, 5.74) is 4.51. The van der Waals surface area contributed by atoms with Crippen molar-refractivity contribution in [2.24, 2.45) is 10.4 Å². The van der Waals surface area contributed by atoms with E-state index < -0.39 is 0 Å². The third-order valence-corrected chi connectivity index (χ3v) is 6.71. The fourth-order valence-corrected chi connectivity index (χ4v) is 4.55. The first kappa shape index (κ1) is 24.1. The van der Waals surface area contributed by atoms with E-state index in [4.69, 9.17) is 10.2 Å². The Labute approximate surface area is 197 Å². The lowest BCUT2D eigenvalue weighted by Crippen LogP contribution is -2.37.